The van der Waals surface area contributed by atoms with E-state index in [9.17, 15) is 0 Å². The zero-order chi connectivity index (χ0) is 23.7. The minimum atomic E-state index is 0.233. The molecule has 172 valence electrons. The molecule has 3 aromatic rings. The van der Waals surface area contributed by atoms with Gasteiger partial charge < -0.3 is 9.64 Å². The first-order valence-corrected chi connectivity index (χ1v) is 12.7. The smallest absolute Gasteiger partial charge is 0.133 e. The molecule has 0 spiro atoms. The Balaban J connectivity index is 1.61. The maximum Gasteiger partial charge on any atom is 0.133 e. The number of ether oxygens (including phenoxy) is 1. The van der Waals surface area contributed by atoms with E-state index in [4.69, 9.17) is 21.3 Å². The van der Waals surface area contributed by atoms with Crippen LogP contribution in [0.4, 0.5) is 5.69 Å². The molecule has 4 heterocycles. The fraction of sp³-hybridized carbons (Fsp3) is 0.333. The predicted molar refractivity (Wildman–Crippen MR) is 138 cm³/mol. The van der Waals surface area contributed by atoms with Gasteiger partial charge in [0.1, 0.15) is 18.2 Å². The molecule has 9 heteroatoms. The van der Waals surface area contributed by atoms with Crippen LogP contribution in [0.5, 0.6) is 0 Å². The third-order valence-electron chi connectivity index (χ3n) is 5.25. The molecule has 0 saturated heterocycles. The standard InChI is InChI=1S/C24H25BrClN5OS/c1-13(2)24-28-8-14(3)23(30-24)20-7-21(19(26)9-27-20)31-10-18(25)22(6-15(31)4)32-11-17-12-33-16(5)29-17/h6-9,12-13H,10-11H2,1-5H3. The summed E-state index contributed by atoms with van der Waals surface area (Å²) >= 11 is 11.9. The molecule has 0 atom stereocenters. The van der Waals surface area contributed by atoms with E-state index in [1.54, 1.807) is 17.5 Å². The van der Waals surface area contributed by atoms with Crippen molar-refractivity contribution in [3.8, 4) is 11.4 Å². The first kappa shape index (κ1) is 23.9. The van der Waals surface area contributed by atoms with Crippen LogP contribution in [-0.4, -0.2) is 26.5 Å². The van der Waals surface area contributed by atoms with Gasteiger partial charge in [-0.25, -0.2) is 15.0 Å². The van der Waals surface area contributed by atoms with Crippen LogP contribution in [0.25, 0.3) is 11.4 Å². The van der Waals surface area contributed by atoms with Gasteiger partial charge in [-0.3, -0.25) is 4.98 Å². The van der Waals surface area contributed by atoms with Crippen LogP contribution in [0.15, 0.2) is 45.9 Å². The summed E-state index contributed by atoms with van der Waals surface area (Å²) in [5.41, 5.74) is 5.38. The number of hydrogen-bond donors (Lipinski definition) is 0. The van der Waals surface area contributed by atoms with Crippen molar-refractivity contribution in [2.45, 2.75) is 47.1 Å². The summed E-state index contributed by atoms with van der Waals surface area (Å²) in [5.74, 6) is 1.83. The molecule has 6 nitrogen and oxygen atoms in total. The second kappa shape index (κ2) is 9.91. The van der Waals surface area contributed by atoms with E-state index in [0.717, 1.165) is 55.1 Å². The van der Waals surface area contributed by atoms with Gasteiger partial charge in [0.05, 0.1) is 43.8 Å². The second-order valence-corrected chi connectivity index (χ2v) is 10.6. The molecule has 0 bridgehead atoms. The van der Waals surface area contributed by atoms with Crippen molar-refractivity contribution in [1.82, 2.24) is 19.9 Å². The molecule has 33 heavy (non-hydrogen) atoms. The van der Waals surface area contributed by atoms with Crippen molar-refractivity contribution in [3.05, 3.63) is 73.0 Å². The lowest BCUT2D eigenvalue weighted by Crippen LogP contribution is -2.27. The minimum absolute atomic E-state index is 0.233. The molecule has 0 aliphatic carbocycles. The number of halogens is 2. The third-order valence-corrected chi connectivity index (χ3v) is 7.00. The molecule has 1 aliphatic rings. The molecule has 0 unspecified atom stereocenters. The number of allylic oxidation sites excluding steroid dienone is 2. The van der Waals surface area contributed by atoms with Gasteiger partial charge in [0.15, 0.2) is 0 Å². The molecule has 0 fully saturated rings. The molecule has 0 aromatic carbocycles. The zero-order valence-electron chi connectivity index (χ0n) is 19.2. The van der Waals surface area contributed by atoms with Crippen molar-refractivity contribution < 1.29 is 4.74 Å². The summed E-state index contributed by atoms with van der Waals surface area (Å²) in [6.07, 6.45) is 5.55. The Labute approximate surface area is 211 Å². The van der Waals surface area contributed by atoms with E-state index in [1.807, 2.05) is 44.5 Å². The molecule has 3 aromatic heterocycles. The topological polar surface area (TPSA) is 64.0 Å². The van der Waals surface area contributed by atoms with Crippen LogP contribution >= 0.6 is 38.9 Å². The summed E-state index contributed by atoms with van der Waals surface area (Å²) < 4.78 is 6.97. The lowest BCUT2D eigenvalue weighted by atomic mass is 10.1. The third kappa shape index (κ3) is 5.28. The van der Waals surface area contributed by atoms with Crippen molar-refractivity contribution in [2.24, 2.45) is 0 Å². The number of rotatable bonds is 6. The summed E-state index contributed by atoms with van der Waals surface area (Å²) in [6, 6.07) is 1.99. The molecule has 0 N–H and O–H groups in total. The summed E-state index contributed by atoms with van der Waals surface area (Å²) in [5, 5.41) is 3.63. The Hall–Kier alpha value is -2.29. The van der Waals surface area contributed by atoms with Crippen LogP contribution in [0.2, 0.25) is 5.02 Å². The molecule has 1 aliphatic heterocycles. The van der Waals surface area contributed by atoms with E-state index in [0.29, 0.717) is 18.2 Å². The van der Waals surface area contributed by atoms with E-state index in [-0.39, 0.29) is 5.92 Å². The van der Waals surface area contributed by atoms with Crippen LogP contribution < -0.4 is 4.90 Å². The van der Waals surface area contributed by atoms with Crippen molar-refractivity contribution in [1.29, 1.82) is 0 Å². The Morgan fingerprint density at radius 1 is 1.18 bits per heavy atom. The highest BCUT2D eigenvalue weighted by molar-refractivity contribution is 9.11. The average Bonchev–Trinajstić information content (AvgIpc) is 3.20. The Morgan fingerprint density at radius 3 is 2.67 bits per heavy atom. The minimum Gasteiger partial charge on any atom is -0.486 e. The first-order chi connectivity index (χ1) is 15.7. The fourth-order valence-corrected chi connectivity index (χ4v) is 4.75. The highest BCUT2D eigenvalue weighted by atomic mass is 79.9. The van der Waals surface area contributed by atoms with Gasteiger partial charge in [0.25, 0.3) is 0 Å². The Morgan fingerprint density at radius 2 is 1.97 bits per heavy atom. The van der Waals surface area contributed by atoms with Gasteiger partial charge in [-0.1, -0.05) is 25.4 Å². The number of nitrogens with zero attached hydrogens (tertiary/aromatic N) is 5. The number of aryl methyl sites for hydroxylation is 2. The van der Waals surface area contributed by atoms with Gasteiger partial charge in [0.2, 0.25) is 0 Å². The Kier molecular flexibility index (Phi) is 7.16. The Bertz CT molecular complexity index is 1250. The average molecular weight is 547 g/mol. The van der Waals surface area contributed by atoms with Crippen molar-refractivity contribution in [3.63, 3.8) is 0 Å². The lowest BCUT2D eigenvalue weighted by molar-refractivity contribution is 0.205. The van der Waals surface area contributed by atoms with Crippen molar-refractivity contribution >= 4 is 44.6 Å². The second-order valence-electron chi connectivity index (χ2n) is 8.22. The van der Waals surface area contributed by atoms with Crippen LogP contribution in [0, 0.1) is 13.8 Å². The lowest BCUT2D eigenvalue weighted by Gasteiger charge is -2.30. The molecular weight excluding hydrogens is 522 g/mol. The van der Waals surface area contributed by atoms with Gasteiger partial charge in [0, 0.05) is 35.5 Å². The number of aromatic nitrogens is 4. The normalized spacial score (nSPS) is 14.2. The quantitative estimate of drug-likeness (QED) is 0.334. The van der Waals surface area contributed by atoms with E-state index >= 15 is 0 Å². The predicted octanol–water partition coefficient (Wildman–Crippen LogP) is 6.94. The zero-order valence-corrected chi connectivity index (χ0v) is 22.3. The van der Waals surface area contributed by atoms with E-state index in [2.05, 4.69) is 49.6 Å². The first-order valence-electron chi connectivity index (χ1n) is 10.6. The SMILES string of the molecule is CC1=CC(OCc2csc(C)n2)=C(Br)CN1c1cc(-c2nc(C(C)C)ncc2C)ncc1Cl. The summed E-state index contributed by atoms with van der Waals surface area (Å²) in [4.78, 5) is 20.4. The van der Waals surface area contributed by atoms with Gasteiger partial charge in [-0.15, -0.1) is 11.3 Å². The van der Waals surface area contributed by atoms with Crippen LogP contribution in [0.1, 0.15) is 48.8 Å². The fourth-order valence-electron chi connectivity index (χ4n) is 3.47. The summed E-state index contributed by atoms with van der Waals surface area (Å²) in [6.45, 7) is 11.2. The molecular formula is C24H25BrClN5OS. The molecule has 0 saturated carbocycles. The molecule has 0 amide bonds. The number of anilines is 1. The van der Waals surface area contributed by atoms with Crippen molar-refractivity contribution in [2.75, 3.05) is 11.4 Å². The maximum absolute atomic E-state index is 6.60. The van der Waals surface area contributed by atoms with Crippen LogP contribution in [0.3, 0.4) is 0 Å². The summed E-state index contributed by atoms with van der Waals surface area (Å²) in [7, 11) is 0. The number of thiazole rings is 1. The molecule has 0 radical (unpaired) electrons. The largest absolute Gasteiger partial charge is 0.486 e. The highest BCUT2D eigenvalue weighted by Crippen LogP contribution is 2.36. The number of pyridine rings is 1. The van der Waals surface area contributed by atoms with E-state index in [1.165, 1.54) is 0 Å². The van der Waals surface area contributed by atoms with Gasteiger partial charge in [-0.2, -0.15) is 0 Å². The van der Waals surface area contributed by atoms with Crippen LogP contribution in [-0.2, 0) is 11.3 Å². The van der Waals surface area contributed by atoms with Gasteiger partial charge >= 0.3 is 0 Å². The monoisotopic (exact) mass is 545 g/mol. The maximum atomic E-state index is 6.60. The van der Waals surface area contributed by atoms with E-state index < -0.39 is 0 Å². The number of hydrogen-bond acceptors (Lipinski definition) is 7. The van der Waals surface area contributed by atoms with Gasteiger partial charge in [-0.05, 0) is 48.3 Å². The molecule has 4 rings (SSSR count). The highest BCUT2D eigenvalue weighted by Gasteiger charge is 2.22.